The number of thiophene rings is 1. The molecule has 0 aliphatic rings. The second-order valence-corrected chi connectivity index (χ2v) is 8.81. The highest BCUT2D eigenvalue weighted by molar-refractivity contribution is 8.01. The summed E-state index contributed by atoms with van der Waals surface area (Å²) in [5.74, 6) is 0.0360. The average Bonchev–Trinajstić information content (AvgIpc) is 3.31. The molecule has 2 N–H and O–H groups in total. The molecule has 144 valence electrons. The number of carbonyl (C=O) groups excluding carboxylic acids is 3. The lowest BCUT2D eigenvalue weighted by Crippen LogP contribution is -2.15. The second-order valence-electron chi connectivity index (χ2n) is 5.78. The lowest BCUT2D eigenvalue weighted by molar-refractivity contribution is -0.116. The summed E-state index contributed by atoms with van der Waals surface area (Å²) in [6.07, 6.45) is 0.139. The quantitative estimate of drug-likeness (QED) is 0.410. The molecule has 2 aromatic heterocycles. The highest BCUT2D eigenvalue weighted by Gasteiger charge is 2.12. The summed E-state index contributed by atoms with van der Waals surface area (Å²) in [7, 11) is 0. The standard InChI is InChI=1S/C19H17N3O3S3/c1-12(23)20-13-4-2-5-14(8-13)21-18(25)9-15-10-27-19(22-15)28-11-16(24)17-6-3-7-26-17/h2-8,10H,9,11H2,1H3,(H,20,23)(H,21,25). The maximum atomic E-state index is 12.3. The largest absolute Gasteiger partial charge is 0.326 e. The Bertz CT molecular complexity index is 983. The van der Waals surface area contributed by atoms with Crippen molar-refractivity contribution in [2.75, 3.05) is 16.4 Å². The number of benzene rings is 1. The summed E-state index contributed by atoms with van der Waals surface area (Å²) in [5, 5.41) is 9.17. The fraction of sp³-hybridized carbons (Fsp3) is 0.158. The fourth-order valence-corrected chi connectivity index (χ4v) is 4.80. The highest BCUT2D eigenvalue weighted by Crippen LogP contribution is 2.25. The number of thioether (sulfide) groups is 1. The van der Waals surface area contributed by atoms with E-state index >= 15 is 0 Å². The van der Waals surface area contributed by atoms with Gasteiger partial charge in [0.25, 0.3) is 0 Å². The molecule has 6 nitrogen and oxygen atoms in total. The lowest BCUT2D eigenvalue weighted by Gasteiger charge is -2.07. The van der Waals surface area contributed by atoms with Gasteiger partial charge in [-0.25, -0.2) is 4.98 Å². The minimum Gasteiger partial charge on any atom is -0.326 e. The van der Waals surface area contributed by atoms with Crippen molar-refractivity contribution in [2.24, 2.45) is 0 Å². The van der Waals surface area contributed by atoms with E-state index in [4.69, 9.17) is 0 Å². The first-order valence-electron chi connectivity index (χ1n) is 8.31. The minimum absolute atomic E-state index is 0.0774. The van der Waals surface area contributed by atoms with E-state index < -0.39 is 0 Å². The van der Waals surface area contributed by atoms with Gasteiger partial charge in [-0.15, -0.1) is 22.7 Å². The molecular weight excluding hydrogens is 414 g/mol. The van der Waals surface area contributed by atoms with Crippen LogP contribution >= 0.6 is 34.4 Å². The molecule has 2 heterocycles. The van der Waals surface area contributed by atoms with Crippen LogP contribution in [0.1, 0.15) is 22.3 Å². The number of thiazole rings is 1. The van der Waals surface area contributed by atoms with E-state index in [0.29, 0.717) is 22.8 Å². The minimum atomic E-state index is -0.198. The van der Waals surface area contributed by atoms with Crippen molar-refractivity contribution in [1.82, 2.24) is 4.98 Å². The predicted molar refractivity (Wildman–Crippen MR) is 115 cm³/mol. The third-order valence-electron chi connectivity index (χ3n) is 3.46. The van der Waals surface area contributed by atoms with Gasteiger partial charge in [-0.1, -0.05) is 23.9 Å². The maximum Gasteiger partial charge on any atom is 0.230 e. The van der Waals surface area contributed by atoms with Gasteiger partial charge >= 0.3 is 0 Å². The van der Waals surface area contributed by atoms with E-state index in [9.17, 15) is 14.4 Å². The molecule has 1 aromatic carbocycles. The molecular formula is C19H17N3O3S3. The van der Waals surface area contributed by atoms with Gasteiger partial charge in [-0.3, -0.25) is 14.4 Å². The van der Waals surface area contributed by atoms with Crippen molar-refractivity contribution in [2.45, 2.75) is 17.7 Å². The first-order valence-corrected chi connectivity index (χ1v) is 11.1. The number of rotatable bonds is 8. The van der Waals surface area contributed by atoms with Crippen molar-refractivity contribution < 1.29 is 14.4 Å². The molecule has 0 unspecified atom stereocenters. The molecule has 0 radical (unpaired) electrons. The van der Waals surface area contributed by atoms with Crippen LogP contribution in [-0.4, -0.2) is 28.3 Å². The molecule has 2 amide bonds. The number of hydrogen-bond donors (Lipinski definition) is 2. The van der Waals surface area contributed by atoms with Crippen molar-refractivity contribution in [1.29, 1.82) is 0 Å². The number of nitrogens with zero attached hydrogens (tertiary/aromatic N) is 1. The van der Waals surface area contributed by atoms with Crippen LogP contribution in [0.4, 0.5) is 11.4 Å². The zero-order valence-electron chi connectivity index (χ0n) is 14.9. The third kappa shape index (κ3) is 6.01. The fourth-order valence-electron chi connectivity index (χ4n) is 2.32. The van der Waals surface area contributed by atoms with Crippen LogP contribution in [0, 0.1) is 0 Å². The smallest absolute Gasteiger partial charge is 0.230 e. The monoisotopic (exact) mass is 431 g/mol. The molecule has 0 atom stereocenters. The summed E-state index contributed by atoms with van der Waals surface area (Å²) in [4.78, 5) is 40.6. The SMILES string of the molecule is CC(=O)Nc1cccc(NC(=O)Cc2csc(SCC(=O)c3cccs3)n2)c1. The Morgan fingerprint density at radius 1 is 1.07 bits per heavy atom. The van der Waals surface area contributed by atoms with E-state index in [-0.39, 0.29) is 24.0 Å². The number of anilines is 2. The number of amides is 2. The topological polar surface area (TPSA) is 88.2 Å². The number of aromatic nitrogens is 1. The Kier molecular flexibility index (Phi) is 6.96. The molecule has 0 bridgehead atoms. The molecule has 9 heteroatoms. The van der Waals surface area contributed by atoms with Gasteiger partial charge in [0.15, 0.2) is 10.1 Å². The van der Waals surface area contributed by atoms with E-state index in [2.05, 4.69) is 15.6 Å². The normalized spacial score (nSPS) is 10.5. The van der Waals surface area contributed by atoms with Crippen LogP contribution in [0.5, 0.6) is 0 Å². The Morgan fingerprint density at radius 3 is 2.57 bits per heavy atom. The van der Waals surface area contributed by atoms with Crippen molar-refractivity contribution in [3.8, 4) is 0 Å². The van der Waals surface area contributed by atoms with Crippen LogP contribution in [-0.2, 0) is 16.0 Å². The van der Waals surface area contributed by atoms with Gasteiger partial charge < -0.3 is 10.6 Å². The van der Waals surface area contributed by atoms with Gasteiger partial charge in [0.05, 0.1) is 22.7 Å². The number of nitrogens with one attached hydrogen (secondary N) is 2. The molecule has 0 saturated carbocycles. The predicted octanol–water partition coefficient (Wildman–Crippen LogP) is 4.32. The van der Waals surface area contributed by atoms with Gasteiger partial charge in [-0.05, 0) is 29.6 Å². The van der Waals surface area contributed by atoms with E-state index in [1.165, 1.54) is 41.4 Å². The van der Waals surface area contributed by atoms with Crippen LogP contribution in [0.3, 0.4) is 0 Å². The zero-order chi connectivity index (χ0) is 19.9. The molecule has 0 spiro atoms. The highest BCUT2D eigenvalue weighted by atomic mass is 32.2. The van der Waals surface area contributed by atoms with Crippen molar-refractivity contribution in [3.05, 3.63) is 57.7 Å². The van der Waals surface area contributed by atoms with Crippen molar-refractivity contribution >= 4 is 63.4 Å². The Hall–Kier alpha value is -2.49. The molecule has 3 rings (SSSR count). The third-order valence-corrected chi connectivity index (χ3v) is 6.44. The Labute approximate surface area is 174 Å². The molecule has 0 saturated heterocycles. The molecule has 28 heavy (non-hydrogen) atoms. The van der Waals surface area contributed by atoms with E-state index in [1.54, 1.807) is 24.3 Å². The van der Waals surface area contributed by atoms with E-state index in [1.807, 2.05) is 22.9 Å². The molecule has 0 fully saturated rings. The van der Waals surface area contributed by atoms with Crippen LogP contribution < -0.4 is 10.6 Å². The van der Waals surface area contributed by atoms with E-state index in [0.717, 1.165) is 9.22 Å². The van der Waals surface area contributed by atoms with Crippen LogP contribution in [0.15, 0.2) is 51.5 Å². The second kappa shape index (κ2) is 9.63. The first-order chi connectivity index (χ1) is 13.5. The molecule has 0 aliphatic heterocycles. The Balaban J connectivity index is 1.51. The summed E-state index contributed by atoms with van der Waals surface area (Å²) >= 11 is 4.23. The number of ketones is 1. The molecule has 3 aromatic rings. The average molecular weight is 432 g/mol. The summed E-state index contributed by atoms with van der Waals surface area (Å²) in [6.45, 7) is 1.43. The van der Waals surface area contributed by atoms with Crippen LogP contribution in [0.2, 0.25) is 0 Å². The van der Waals surface area contributed by atoms with Crippen molar-refractivity contribution in [3.63, 3.8) is 0 Å². The van der Waals surface area contributed by atoms with Crippen LogP contribution in [0.25, 0.3) is 0 Å². The summed E-state index contributed by atoms with van der Waals surface area (Å²) in [6, 6.07) is 10.6. The summed E-state index contributed by atoms with van der Waals surface area (Å²) in [5.41, 5.74) is 1.88. The van der Waals surface area contributed by atoms with Gasteiger partial charge in [0.1, 0.15) is 0 Å². The Morgan fingerprint density at radius 2 is 1.86 bits per heavy atom. The maximum absolute atomic E-state index is 12.3. The number of carbonyl (C=O) groups is 3. The van der Waals surface area contributed by atoms with Gasteiger partial charge in [0.2, 0.25) is 11.8 Å². The van der Waals surface area contributed by atoms with Gasteiger partial charge in [0, 0.05) is 23.7 Å². The number of Topliss-reactive ketones (excluding diaryl/α,β-unsaturated/α-hetero) is 1. The lowest BCUT2D eigenvalue weighted by atomic mass is 10.2. The van der Waals surface area contributed by atoms with Gasteiger partial charge in [-0.2, -0.15) is 0 Å². The first kappa shape index (κ1) is 20.2. The summed E-state index contributed by atoms with van der Waals surface area (Å²) < 4.78 is 0.764. The zero-order valence-corrected chi connectivity index (χ0v) is 17.4. The number of hydrogen-bond acceptors (Lipinski definition) is 7. The molecule has 0 aliphatic carbocycles.